The second kappa shape index (κ2) is 8.51. The maximum absolute atomic E-state index is 12.0. The normalized spacial score (nSPS) is 10.6. The van der Waals surface area contributed by atoms with Gasteiger partial charge in [0, 0.05) is 6.54 Å². The Morgan fingerprint density at radius 3 is 2.67 bits per heavy atom. The highest BCUT2D eigenvalue weighted by Gasteiger charge is 2.13. The molecule has 1 aromatic carbocycles. The third kappa shape index (κ3) is 5.10. The molecule has 0 saturated carbocycles. The molecule has 0 aliphatic rings. The van der Waals surface area contributed by atoms with Gasteiger partial charge in [0.05, 0.1) is 24.3 Å². The number of imidazole rings is 1. The number of carbonyl (C=O) groups is 2. The van der Waals surface area contributed by atoms with Crippen molar-refractivity contribution in [1.82, 2.24) is 14.9 Å². The second-order valence-electron chi connectivity index (χ2n) is 5.29. The van der Waals surface area contributed by atoms with Gasteiger partial charge in [-0.25, -0.2) is 4.98 Å². The summed E-state index contributed by atoms with van der Waals surface area (Å²) in [4.78, 5) is 27.2. The fraction of sp³-hybridized carbons (Fsp3) is 0.312. The largest absolute Gasteiger partial charge is 0.390 e. The minimum absolute atomic E-state index is 0.0801. The summed E-state index contributed by atoms with van der Waals surface area (Å²) < 4.78 is 1.51. The number of carbonyl (C=O) groups excluding carboxylic acids is 2. The summed E-state index contributed by atoms with van der Waals surface area (Å²) in [5.41, 5.74) is 7.87. The zero-order valence-corrected chi connectivity index (χ0v) is 14.2. The number of hydrogen-bond donors (Lipinski definition) is 3. The van der Waals surface area contributed by atoms with Crippen LogP contribution in [0.3, 0.4) is 0 Å². The van der Waals surface area contributed by atoms with Crippen molar-refractivity contribution in [2.45, 2.75) is 31.8 Å². The first-order valence-corrected chi connectivity index (χ1v) is 8.36. The molecule has 0 fully saturated rings. The summed E-state index contributed by atoms with van der Waals surface area (Å²) in [6.45, 7) is 2.13. The zero-order valence-electron chi connectivity index (χ0n) is 13.4. The lowest BCUT2D eigenvalue weighted by molar-refractivity contribution is -0.119. The van der Waals surface area contributed by atoms with Crippen molar-refractivity contribution in [2.75, 3.05) is 5.75 Å². The summed E-state index contributed by atoms with van der Waals surface area (Å²) in [6, 6.07) is 7.92. The van der Waals surface area contributed by atoms with Gasteiger partial charge in [0.1, 0.15) is 6.54 Å². The number of aliphatic hydroxyl groups is 1. The summed E-state index contributed by atoms with van der Waals surface area (Å²) in [6.07, 6.45) is 1.47. The predicted molar refractivity (Wildman–Crippen MR) is 91.1 cm³/mol. The molecule has 0 unspecified atom stereocenters. The van der Waals surface area contributed by atoms with E-state index in [-0.39, 0.29) is 24.8 Å². The van der Waals surface area contributed by atoms with E-state index in [1.54, 1.807) is 0 Å². The molecule has 0 bridgehead atoms. The van der Waals surface area contributed by atoms with Crippen LogP contribution < -0.4 is 11.1 Å². The van der Waals surface area contributed by atoms with Crippen LogP contribution in [0.4, 0.5) is 0 Å². The van der Waals surface area contributed by atoms with Gasteiger partial charge in [-0.05, 0) is 12.5 Å². The Hall–Kier alpha value is -2.32. The molecule has 0 spiro atoms. The van der Waals surface area contributed by atoms with Gasteiger partial charge in [-0.3, -0.25) is 9.59 Å². The monoisotopic (exact) mass is 348 g/mol. The van der Waals surface area contributed by atoms with E-state index >= 15 is 0 Å². The first-order valence-electron chi connectivity index (χ1n) is 7.38. The van der Waals surface area contributed by atoms with E-state index in [0.29, 0.717) is 17.4 Å². The third-order valence-electron chi connectivity index (χ3n) is 3.32. The predicted octanol–water partition coefficient (Wildman–Crippen LogP) is 0.578. The molecule has 0 saturated heterocycles. The highest BCUT2D eigenvalue weighted by atomic mass is 32.2. The molecule has 0 atom stereocenters. The lowest BCUT2D eigenvalue weighted by Crippen LogP contribution is -2.25. The van der Waals surface area contributed by atoms with Crippen molar-refractivity contribution in [3.8, 4) is 0 Å². The van der Waals surface area contributed by atoms with Gasteiger partial charge in [-0.2, -0.15) is 0 Å². The fourth-order valence-electron chi connectivity index (χ4n) is 2.05. The van der Waals surface area contributed by atoms with Crippen LogP contribution in [0.25, 0.3) is 0 Å². The summed E-state index contributed by atoms with van der Waals surface area (Å²) in [7, 11) is 0. The third-order valence-corrected chi connectivity index (χ3v) is 4.31. The van der Waals surface area contributed by atoms with Crippen LogP contribution in [-0.2, 0) is 29.3 Å². The topological polar surface area (TPSA) is 110 Å². The molecule has 0 aliphatic heterocycles. The maximum atomic E-state index is 12.0. The van der Waals surface area contributed by atoms with Crippen molar-refractivity contribution in [3.63, 3.8) is 0 Å². The Kier molecular flexibility index (Phi) is 6.39. The Labute approximate surface area is 144 Å². The van der Waals surface area contributed by atoms with E-state index < -0.39 is 5.91 Å². The summed E-state index contributed by atoms with van der Waals surface area (Å²) in [5, 5.41) is 12.6. The molecule has 128 valence electrons. The molecule has 1 aromatic heterocycles. The molecular weight excluding hydrogens is 328 g/mol. The molecule has 2 rings (SSSR count). The molecule has 0 radical (unpaired) electrons. The van der Waals surface area contributed by atoms with E-state index in [1.807, 2.05) is 31.2 Å². The fourth-order valence-corrected chi connectivity index (χ4v) is 2.87. The average Bonchev–Trinajstić information content (AvgIpc) is 2.93. The number of nitrogens with two attached hydrogens (primary N) is 1. The smallest absolute Gasteiger partial charge is 0.237 e. The van der Waals surface area contributed by atoms with E-state index in [2.05, 4.69) is 10.3 Å². The first-order chi connectivity index (χ1) is 11.5. The van der Waals surface area contributed by atoms with Crippen molar-refractivity contribution < 1.29 is 14.7 Å². The number of aliphatic hydroxyl groups excluding tert-OH is 1. The summed E-state index contributed by atoms with van der Waals surface area (Å²) in [5.74, 6) is -0.514. The van der Waals surface area contributed by atoms with Gasteiger partial charge in [0.2, 0.25) is 11.8 Å². The number of primary amides is 1. The highest BCUT2D eigenvalue weighted by Crippen LogP contribution is 2.18. The van der Waals surface area contributed by atoms with Crippen molar-refractivity contribution >= 4 is 23.6 Å². The van der Waals surface area contributed by atoms with Crippen LogP contribution in [-0.4, -0.2) is 32.2 Å². The SMILES string of the molecule is Cc1ccc(CNC(=O)CSc2ncc(CO)n2CC(N)=O)cc1. The lowest BCUT2D eigenvalue weighted by atomic mass is 10.1. The van der Waals surface area contributed by atoms with Crippen molar-refractivity contribution in [3.05, 3.63) is 47.3 Å². The van der Waals surface area contributed by atoms with Gasteiger partial charge in [-0.15, -0.1) is 0 Å². The number of nitrogens with one attached hydrogen (secondary N) is 1. The molecule has 24 heavy (non-hydrogen) atoms. The number of aryl methyl sites for hydroxylation is 1. The number of nitrogens with zero attached hydrogens (tertiary/aromatic N) is 2. The molecule has 0 aliphatic carbocycles. The number of aromatic nitrogens is 2. The van der Waals surface area contributed by atoms with Crippen molar-refractivity contribution in [1.29, 1.82) is 0 Å². The number of thioether (sulfide) groups is 1. The quantitative estimate of drug-likeness (QED) is 0.604. The number of benzene rings is 1. The van der Waals surface area contributed by atoms with Crippen LogP contribution in [0.5, 0.6) is 0 Å². The van der Waals surface area contributed by atoms with Crippen molar-refractivity contribution in [2.24, 2.45) is 5.73 Å². The molecule has 7 nitrogen and oxygen atoms in total. The number of hydrogen-bond acceptors (Lipinski definition) is 5. The molecule has 4 N–H and O–H groups in total. The van der Waals surface area contributed by atoms with E-state index in [0.717, 1.165) is 5.56 Å². The van der Waals surface area contributed by atoms with Crippen LogP contribution >= 0.6 is 11.8 Å². The van der Waals surface area contributed by atoms with E-state index in [4.69, 9.17) is 5.73 Å². The van der Waals surface area contributed by atoms with Crippen LogP contribution in [0.15, 0.2) is 35.6 Å². The zero-order chi connectivity index (χ0) is 17.5. The highest BCUT2D eigenvalue weighted by molar-refractivity contribution is 7.99. The van der Waals surface area contributed by atoms with Gasteiger partial charge in [-0.1, -0.05) is 41.6 Å². The Balaban J connectivity index is 1.88. The molecular formula is C16H20N4O3S. The maximum Gasteiger partial charge on any atom is 0.237 e. The Morgan fingerprint density at radius 1 is 1.33 bits per heavy atom. The molecule has 8 heteroatoms. The first kappa shape index (κ1) is 18.0. The van der Waals surface area contributed by atoms with Gasteiger partial charge in [0.15, 0.2) is 5.16 Å². The van der Waals surface area contributed by atoms with Crippen LogP contribution in [0.2, 0.25) is 0 Å². The standard InChI is InChI=1S/C16H20N4O3S/c1-11-2-4-12(5-3-11)6-18-15(23)10-24-16-19-7-13(9-21)20(16)8-14(17)22/h2-5,7,21H,6,8-10H2,1H3,(H2,17,22)(H,18,23). The molecule has 1 heterocycles. The number of rotatable bonds is 8. The number of amides is 2. The average molecular weight is 348 g/mol. The van der Waals surface area contributed by atoms with E-state index in [9.17, 15) is 14.7 Å². The second-order valence-corrected chi connectivity index (χ2v) is 6.24. The Morgan fingerprint density at radius 2 is 2.04 bits per heavy atom. The van der Waals surface area contributed by atoms with Gasteiger partial charge < -0.3 is 20.7 Å². The lowest BCUT2D eigenvalue weighted by Gasteiger charge is -2.09. The van der Waals surface area contributed by atoms with Gasteiger partial charge >= 0.3 is 0 Å². The van der Waals surface area contributed by atoms with E-state index in [1.165, 1.54) is 28.1 Å². The Bertz CT molecular complexity index is 713. The van der Waals surface area contributed by atoms with Crippen LogP contribution in [0.1, 0.15) is 16.8 Å². The molecule has 2 aromatic rings. The minimum Gasteiger partial charge on any atom is -0.390 e. The van der Waals surface area contributed by atoms with Gasteiger partial charge in [0.25, 0.3) is 0 Å². The molecule has 2 amide bonds. The minimum atomic E-state index is -0.534. The summed E-state index contributed by atoms with van der Waals surface area (Å²) >= 11 is 1.19. The van der Waals surface area contributed by atoms with Crippen LogP contribution in [0, 0.1) is 6.92 Å².